The number of urea groups is 1. The number of ether oxygens (including phenoxy) is 1. The number of carbonyl (C=O) groups is 3. The number of nitrogens with one attached hydrogen (secondary N) is 2. The maximum absolute atomic E-state index is 13.0. The number of halogens is 1. The van der Waals surface area contributed by atoms with Crippen LogP contribution in [-0.4, -0.2) is 36.0 Å². The normalized spacial score (nSPS) is 15.9. The number of anilines is 1. The molecule has 2 N–H and O–H groups in total. The Morgan fingerprint density at radius 2 is 1.82 bits per heavy atom. The predicted molar refractivity (Wildman–Crippen MR) is 133 cm³/mol. The van der Waals surface area contributed by atoms with Crippen LogP contribution in [0.3, 0.4) is 0 Å². The molecule has 2 aromatic rings. The molecule has 1 atom stereocenters. The van der Waals surface area contributed by atoms with Crippen LogP contribution in [0.15, 0.2) is 59.8 Å². The first kappa shape index (κ1) is 25.3. The number of rotatable bonds is 8. The van der Waals surface area contributed by atoms with E-state index in [4.69, 9.17) is 16.3 Å². The van der Waals surface area contributed by atoms with Crippen molar-refractivity contribution in [1.29, 1.82) is 0 Å². The SMILES string of the molecule is CCCN1C(=O)NC(c2ccc(NC(=O)c3ccccc3Cl)cc2)C(C(=O)OCC(C)C)=C1C. The van der Waals surface area contributed by atoms with Crippen molar-refractivity contribution in [2.75, 3.05) is 18.5 Å². The largest absolute Gasteiger partial charge is 0.462 e. The average Bonchev–Trinajstić information content (AvgIpc) is 2.80. The van der Waals surface area contributed by atoms with Gasteiger partial charge in [-0.05, 0) is 49.1 Å². The summed E-state index contributed by atoms with van der Waals surface area (Å²) in [4.78, 5) is 39.9. The van der Waals surface area contributed by atoms with Crippen LogP contribution in [0.25, 0.3) is 0 Å². The van der Waals surface area contributed by atoms with Crippen LogP contribution < -0.4 is 10.6 Å². The molecule has 0 radical (unpaired) electrons. The van der Waals surface area contributed by atoms with E-state index >= 15 is 0 Å². The van der Waals surface area contributed by atoms with Gasteiger partial charge in [0.25, 0.3) is 5.91 Å². The lowest BCUT2D eigenvalue weighted by Gasteiger charge is -2.35. The van der Waals surface area contributed by atoms with Crippen LogP contribution in [-0.2, 0) is 9.53 Å². The van der Waals surface area contributed by atoms with E-state index < -0.39 is 12.0 Å². The highest BCUT2D eigenvalue weighted by molar-refractivity contribution is 6.34. The second-order valence-corrected chi connectivity index (χ2v) is 8.99. The maximum atomic E-state index is 13.0. The standard InChI is InChI=1S/C26H30ClN3O4/c1-5-14-30-17(4)22(25(32)34-15-16(2)3)23(29-26(30)33)18-10-12-19(13-11-18)28-24(31)20-8-6-7-9-21(20)27/h6-13,16,23H,5,14-15H2,1-4H3,(H,28,31)(H,29,33). The van der Waals surface area contributed by atoms with Gasteiger partial charge in [0.2, 0.25) is 0 Å². The monoisotopic (exact) mass is 483 g/mol. The van der Waals surface area contributed by atoms with Gasteiger partial charge < -0.3 is 15.4 Å². The molecule has 180 valence electrons. The quantitative estimate of drug-likeness (QED) is 0.482. The number of allylic oxidation sites excluding steroid dienone is 1. The number of nitrogens with zero attached hydrogens (tertiary/aromatic N) is 1. The number of benzene rings is 2. The van der Waals surface area contributed by atoms with Crippen molar-refractivity contribution in [1.82, 2.24) is 10.2 Å². The van der Waals surface area contributed by atoms with E-state index in [1.54, 1.807) is 60.4 Å². The van der Waals surface area contributed by atoms with Crippen molar-refractivity contribution in [2.24, 2.45) is 5.92 Å². The number of hydrogen-bond donors (Lipinski definition) is 2. The van der Waals surface area contributed by atoms with E-state index in [0.717, 1.165) is 6.42 Å². The summed E-state index contributed by atoms with van der Waals surface area (Å²) >= 11 is 6.11. The summed E-state index contributed by atoms with van der Waals surface area (Å²) in [7, 11) is 0. The number of hydrogen-bond acceptors (Lipinski definition) is 4. The van der Waals surface area contributed by atoms with E-state index in [9.17, 15) is 14.4 Å². The minimum atomic E-state index is -0.659. The first-order chi connectivity index (χ1) is 16.2. The molecule has 1 heterocycles. The van der Waals surface area contributed by atoms with Crippen LogP contribution >= 0.6 is 11.6 Å². The van der Waals surface area contributed by atoms with Crippen molar-refractivity contribution in [2.45, 2.75) is 40.2 Å². The van der Waals surface area contributed by atoms with Gasteiger partial charge >= 0.3 is 12.0 Å². The van der Waals surface area contributed by atoms with Gasteiger partial charge in [0.05, 0.1) is 28.8 Å². The Morgan fingerprint density at radius 3 is 2.44 bits per heavy atom. The van der Waals surface area contributed by atoms with Gasteiger partial charge in [-0.2, -0.15) is 0 Å². The molecular weight excluding hydrogens is 454 g/mol. The predicted octanol–water partition coefficient (Wildman–Crippen LogP) is 5.54. The number of esters is 1. The molecule has 0 fully saturated rings. The fraction of sp³-hybridized carbons (Fsp3) is 0.346. The van der Waals surface area contributed by atoms with Gasteiger partial charge in [0.15, 0.2) is 0 Å². The lowest BCUT2D eigenvalue weighted by molar-refractivity contribution is -0.140. The number of amides is 3. The summed E-state index contributed by atoms with van der Waals surface area (Å²) in [6.45, 7) is 8.46. The van der Waals surface area contributed by atoms with Gasteiger partial charge in [-0.25, -0.2) is 9.59 Å². The summed E-state index contributed by atoms with van der Waals surface area (Å²) in [5, 5.41) is 6.11. The smallest absolute Gasteiger partial charge is 0.338 e. The van der Waals surface area contributed by atoms with Gasteiger partial charge in [-0.3, -0.25) is 9.69 Å². The van der Waals surface area contributed by atoms with E-state index in [0.29, 0.717) is 39.7 Å². The van der Waals surface area contributed by atoms with E-state index in [1.807, 2.05) is 20.8 Å². The molecule has 7 nitrogen and oxygen atoms in total. The third-order valence-electron chi connectivity index (χ3n) is 5.43. The zero-order valence-corrected chi connectivity index (χ0v) is 20.6. The molecular formula is C26H30ClN3O4. The third-order valence-corrected chi connectivity index (χ3v) is 5.76. The molecule has 1 aliphatic heterocycles. The second-order valence-electron chi connectivity index (χ2n) is 8.58. The molecule has 3 rings (SSSR count). The van der Waals surface area contributed by atoms with Crippen molar-refractivity contribution in [3.63, 3.8) is 0 Å². The van der Waals surface area contributed by atoms with E-state index in [1.165, 1.54) is 0 Å². The van der Waals surface area contributed by atoms with Gasteiger partial charge in [-0.15, -0.1) is 0 Å². The van der Waals surface area contributed by atoms with E-state index in [-0.39, 0.29) is 24.5 Å². The molecule has 0 saturated heterocycles. The zero-order chi connectivity index (χ0) is 24.8. The topological polar surface area (TPSA) is 87.7 Å². The molecule has 0 aliphatic carbocycles. The highest BCUT2D eigenvalue weighted by Crippen LogP contribution is 2.32. The summed E-state index contributed by atoms with van der Waals surface area (Å²) in [5.41, 5.74) is 2.63. The molecule has 1 aliphatic rings. The van der Waals surface area contributed by atoms with Gasteiger partial charge in [0, 0.05) is 17.9 Å². The first-order valence-electron chi connectivity index (χ1n) is 11.3. The Labute approximate surface area is 205 Å². The third kappa shape index (κ3) is 5.78. The highest BCUT2D eigenvalue weighted by atomic mass is 35.5. The minimum Gasteiger partial charge on any atom is -0.462 e. The van der Waals surface area contributed by atoms with Crippen molar-refractivity contribution in [3.05, 3.63) is 76.0 Å². The molecule has 8 heteroatoms. The Kier molecular flexibility index (Phi) is 8.34. The number of carbonyl (C=O) groups excluding carboxylic acids is 3. The van der Waals surface area contributed by atoms with Crippen LogP contribution in [0, 0.1) is 5.92 Å². The maximum Gasteiger partial charge on any atom is 0.338 e. The van der Waals surface area contributed by atoms with Gasteiger partial charge in [0.1, 0.15) is 0 Å². The fourth-order valence-corrected chi connectivity index (χ4v) is 3.93. The van der Waals surface area contributed by atoms with Crippen LogP contribution in [0.5, 0.6) is 0 Å². The summed E-state index contributed by atoms with van der Waals surface area (Å²) in [5.74, 6) is -0.587. The molecule has 0 spiro atoms. The summed E-state index contributed by atoms with van der Waals surface area (Å²) in [6.07, 6.45) is 0.754. The Hall–Kier alpha value is -3.32. The molecule has 0 bridgehead atoms. The Balaban J connectivity index is 1.87. The average molecular weight is 484 g/mol. The molecule has 34 heavy (non-hydrogen) atoms. The first-order valence-corrected chi connectivity index (χ1v) is 11.7. The summed E-state index contributed by atoms with van der Waals surface area (Å²) in [6, 6.07) is 12.9. The van der Waals surface area contributed by atoms with Crippen molar-refractivity contribution in [3.8, 4) is 0 Å². The molecule has 0 saturated carbocycles. The summed E-state index contributed by atoms with van der Waals surface area (Å²) < 4.78 is 5.52. The second kappa shape index (κ2) is 11.2. The van der Waals surface area contributed by atoms with Crippen LogP contribution in [0.4, 0.5) is 10.5 Å². The van der Waals surface area contributed by atoms with Crippen molar-refractivity contribution < 1.29 is 19.1 Å². The Bertz CT molecular complexity index is 1100. The Morgan fingerprint density at radius 1 is 1.15 bits per heavy atom. The fourth-order valence-electron chi connectivity index (χ4n) is 3.71. The van der Waals surface area contributed by atoms with E-state index in [2.05, 4.69) is 10.6 Å². The van der Waals surface area contributed by atoms with Gasteiger partial charge in [-0.1, -0.05) is 56.6 Å². The lowest BCUT2D eigenvalue weighted by Crippen LogP contribution is -2.48. The minimum absolute atomic E-state index is 0.189. The van der Waals surface area contributed by atoms with Crippen LogP contribution in [0.1, 0.15) is 56.1 Å². The van der Waals surface area contributed by atoms with Crippen molar-refractivity contribution >= 4 is 35.2 Å². The lowest BCUT2D eigenvalue weighted by atomic mass is 9.94. The molecule has 1 unspecified atom stereocenters. The molecule has 0 aromatic heterocycles. The molecule has 2 aromatic carbocycles. The molecule has 3 amide bonds. The highest BCUT2D eigenvalue weighted by Gasteiger charge is 2.36. The van der Waals surface area contributed by atoms with Crippen LogP contribution in [0.2, 0.25) is 5.02 Å². The zero-order valence-electron chi connectivity index (χ0n) is 19.9.